The first-order chi connectivity index (χ1) is 11.7. The van der Waals surface area contributed by atoms with E-state index in [0.717, 1.165) is 23.1 Å². The topological polar surface area (TPSA) is 63.7 Å². The monoisotopic (exact) mass is 361 g/mol. The van der Waals surface area contributed by atoms with E-state index in [9.17, 15) is 13.2 Å². The second kappa shape index (κ2) is 7.70. The van der Waals surface area contributed by atoms with Crippen molar-refractivity contribution in [1.82, 2.24) is 4.90 Å². The number of amides is 1. The summed E-state index contributed by atoms with van der Waals surface area (Å²) in [5, 5.41) is 0. The Morgan fingerprint density at radius 1 is 1.08 bits per heavy atom. The van der Waals surface area contributed by atoms with Crippen molar-refractivity contribution in [2.45, 2.75) is 18.7 Å². The van der Waals surface area contributed by atoms with Crippen molar-refractivity contribution in [3.05, 3.63) is 59.2 Å². The number of benzene rings is 2. The summed E-state index contributed by atoms with van der Waals surface area (Å²) >= 11 is 0. The first kappa shape index (κ1) is 19.0. The van der Waals surface area contributed by atoms with Crippen LogP contribution in [0.5, 0.6) is 5.75 Å². The molecule has 2 rings (SSSR count). The molecule has 1 amide bonds. The number of aryl methyl sites for hydroxylation is 2. The van der Waals surface area contributed by atoms with Gasteiger partial charge in [0.15, 0.2) is 9.84 Å². The minimum atomic E-state index is -3.35. The molecule has 134 valence electrons. The van der Waals surface area contributed by atoms with Gasteiger partial charge in [-0.25, -0.2) is 8.42 Å². The SMILES string of the molecule is Cc1ccc(OCCN(C)C(=O)c2cc(S(C)(=O)=O)ccc2C)cc1. The summed E-state index contributed by atoms with van der Waals surface area (Å²) in [5.74, 6) is 0.525. The van der Waals surface area contributed by atoms with Crippen molar-refractivity contribution < 1.29 is 17.9 Å². The molecule has 2 aromatic carbocycles. The van der Waals surface area contributed by atoms with Gasteiger partial charge in [-0.1, -0.05) is 23.8 Å². The quantitative estimate of drug-likeness (QED) is 0.794. The summed E-state index contributed by atoms with van der Waals surface area (Å²) in [4.78, 5) is 14.3. The molecular weight excluding hydrogens is 338 g/mol. The highest BCUT2D eigenvalue weighted by Crippen LogP contribution is 2.17. The van der Waals surface area contributed by atoms with Crippen LogP contribution in [0.25, 0.3) is 0 Å². The molecule has 0 aliphatic carbocycles. The molecule has 0 unspecified atom stereocenters. The van der Waals surface area contributed by atoms with E-state index in [4.69, 9.17) is 4.74 Å². The lowest BCUT2D eigenvalue weighted by Gasteiger charge is -2.19. The standard InChI is InChI=1S/C19H23NO4S/c1-14-5-8-16(9-6-14)24-12-11-20(3)19(21)18-13-17(25(4,22)23)10-7-15(18)2/h5-10,13H,11-12H2,1-4H3. The highest BCUT2D eigenvalue weighted by molar-refractivity contribution is 7.90. The van der Waals surface area contributed by atoms with Crippen molar-refractivity contribution in [3.63, 3.8) is 0 Å². The Bertz CT molecular complexity index is 857. The summed E-state index contributed by atoms with van der Waals surface area (Å²) in [6.07, 6.45) is 1.13. The maximum atomic E-state index is 12.6. The number of nitrogens with zero attached hydrogens (tertiary/aromatic N) is 1. The van der Waals surface area contributed by atoms with Crippen LogP contribution in [0.3, 0.4) is 0 Å². The molecule has 0 spiro atoms. The third kappa shape index (κ3) is 5.06. The Kier molecular flexibility index (Phi) is 5.85. The van der Waals surface area contributed by atoms with Gasteiger partial charge in [0.1, 0.15) is 12.4 Å². The number of hydrogen-bond acceptors (Lipinski definition) is 4. The fraction of sp³-hybridized carbons (Fsp3) is 0.316. The largest absolute Gasteiger partial charge is 0.492 e. The van der Waals surface area contributed by atoms with E-state index >= 15 is 0 Å². The van der Waals surface area contributed by atoms with Crippen LogP contribution in [0.1, 0.15) is 21.5 Å². The summed E-state index contributed by atoms with van der Waals surface area (Å²) in [7, 11) is -1.68. The smallest absolute Gasteiger partial charge is 0.254 e. The molecule has 2 aromatic rings. The van der Waals surface area contributed by atoms with Gasteiger partial charge in [-0.3, -0.25) is 4.79 Å². The number of carbonyl (C=O) groups excluding carboxylic acids is 1. The molecular formula is C19H23NO4S. The van der Waals surface area contributed by atoms with E-state index < -0.39 is 9.84 Å². The van der Waals surface area contributed by atoms with E-state index in [0.29, 0.717) is 18.7 Å². The van der Waals surface area contributed by atoms with Gasteiger partial charge in [0.05, 0.1) is 11.4 Å². The van der Waals surface area contributed by atoms with Gasteiger partial charge in [0.25, 0.3) is 5.91 Å². The predicted molar refractivity (Wildman–Crippen MR) is 97.9 cm³/mol. The molecule has 0 N–H and O–H groups in total. The van der Waals surface area contributed by atoms with Gasteiger partial charge in [-0.05, 0) is 43.7 Å². The zero-order valence-corrected chi connectivity index (χ0v) is 15.8. The van der Waals surface area contributed by atoms with Crippen LogP contribution in [0.4, 0.5) is 0 Å². The van der Waals surface area contributed by atoms with Gasteiger partial charge >= 0.3 is 0 Å². The summed E-state index contributed by atoms with van der Waals surface area (Å²) in [5.41, 5.74) is 2.28. The van der Waals surface area contributed by atoms with Crippen LogP contribution < -0.4 is 4.74 Å². The van der Waals surface area contributed by atoms with E-state index in [1.807, 2.05) is 31.2 Å². The number of sulfone groups is 1. The maximum absolute atomic E-state index is 12.6. The van der Waals surface area contributed by atoms with Gasteiger partial charge in [0, 0.05) is 18.9 Å². The lowest BCUT2D eigenvalue weighted by molar-refractivity contribution is 0.0773. The molecule has 0 saturated heterocycles. The molecule has 5 nitrogen and oxygen atoms in total. The van der Waals surface area contributed by atoms with E-state index in [-0.39, 0.29) is 10.8 Å². The fourth-order valence-corrected chi connectivity index (χ4v) is 2.95. The lowest BCUT2D eigenvalue weighted by atomic mass is 10.1. The van der Waals surface area contributed by atoms with Gasteiger partial charge in [0.2, 0.25) is 0 Å². The molecule has 0 aliphatic heterocycles. The molecule has 0 aromatic heterocycles. The second-order valence-corrected chi connectivity index (χ2v) is 8.15. The van der Waals surface area contributed by atoms with Gasteiger partial charge < -0.3 is 9.64 Å². The predicted octanol–water partition coefficient (Wildman–Crippen LogP) is 2.86. The Balaban J connectivity index is 2.03. The van der Waals surface area contributed by atoms with Gasteiger partial charge in [-0.2, -0.15) is 0 Å². The van der Waals surface area contributed by atoms with E-state index in [1.165, 1.54) is 17.0 Å². The van der Waals surface area contributed by atoms with Crippen LogP contribution in [-0.4, -0.2) is 45.7 Å². The second-order valence-electron chi connectivity index (χ2n) is 6.14. The Hall–Kier alpha value is -2.34. The minimum Gasteiger partial charge on any atom is -0.492 e. The summed E-state index contributed by atoms with van der Waals surface area (Å²) in [6.45, 7) is 4.55. The summed E-state index contributed by atoms with van der Waals surface area (Å²) < 4.78 is 29.0. The number of likely N-dealkylation sites (N-methyl/N-ethyl adjacent to an activating group) is 1. The lowest BCUT2D eigenvalue weighted by Crippen LogP contribution is -2.31. The summed E-state index contributed by atoms with van der Waals surface area (Å²) in [6, 6.07) is 12.3. The third-order valence-electron chi connectivity index (χ3n) is 3.93. The Morgan fingerprint density at radius 2 is 1.72 bits per heavy atom. The van der Waals surface area contributed by atoms with Crippen molar-refractivity contribution in [3.8, 4) is 5.75 Å². The number of carbonyl (C=O) groups is 1. The minimum absolute atomic E-state index is 0.144. The Labute approximate surface area is 149 Å². The maximum Gasteiger partial charge on any atom is 0.254 e. The highest BCUT2D eigenvalue weighted by atomic mass is 32.2. The number of ether oxygens (including phenoxy) is 1. The van der Waals surface area contributed by atoms with Crippen LogP contribution in [0.2, 0.25) is 0 Å². The van der Waals surface area contributed by atoms with Crippen molar-refractivity contribution in [2.24, 2.45) is 0 Å². The van der Waals surface area contributed by atoms with Gasteiger partial charge in [-0.15, -0.1) is 0 Å². The van der Waals surface area contributed by atoms with Crippen LogP contribution >= 0.6 is 0 Å². The molecule has 0 fully saturated rings. The normalized spacial score (nSPS) is 11.2. The fourth-order valence-electron chi connectivity index (χ4n) is 2.30. The van der Waals surface area contributed by atoms with Crippen molar-refractivity contribution in [2.75, 3.05) is 26.5 Å². The highest BCUT2D eigenvalue weighted by Gasteiger charge is 2.17. The first-order valence-electron chi connectivity index (χ1n) is 7.94. The molecule has 0 heterocycles. The van der Waals surface area contributed by atoms with Crippen molar-refractivity contribution >= 4 is 15.7 Å². The average molecular weight is 361 g/mol. The first-order valence-corrected chi connectivity index (χ1v) is 9.83. The van der Waals surface area contributed by atoms with Crippen LogP contribution in [0.15, 0.2) is 47.4 Å². The Morgan fingerprint density at radius 3 is 2.32 bits per heavy atom. The molecule has 25 heavy (non-hydrogen) atoms. The molecule has 0 saturated carbocycles. The molecule has 0 aliphatic rings. The third-order valence-corrected chi connectivity index (χ3v) is 5.04. The van der Waals surface area contributed by atoms with E-state index in [1.54, 1.807) is 20.0 Å². The van der Waals surface area contributed by atoms with Crippen LogP contribution in [0, 0.1) is 13.8 Å². The average Bonchev–Trinajstić information content (AvgIpc) is 2.55. The molecule has 6 heteroatoms. The number of rotatable bonds is 6. The van der Waals surface area contributed by atoms with Crippen LogP contribution in [-0.2, 0) is 9.84 Å². The molecule has 0 bridgehead atoms. The van der Waals surface area contributed by atoms with Crippen molar-refractivity contribution in [1.29, 1.82) is 0 Å². The van der Waals surface area contributed by atoms with E-state index in [2.05, 4.69) is 0 Å². The molecule has 0 radical (unpaired) electrons. The zero-order valence-electron chi connectivity index (χ0n) is 14.9. The molecule has 0 atom stereocenters. The number of hydrogen-bond donors (Lipinski definition) is 0. The zero-order chi connectivity index (χ0) is 18.6.